The molecule has 1 amide bonds. The van der Waals surface area contributed by atoms with E-state index in [1.54, 1.807) is 29.0 Å². The Morgan fingerprint density at radius 2 is 1.97 bits per heavy atom. The van der Waals surface area contributed by atoms with Crippen LogP contribution in [0.3, 0.4) is 0 Å². The highest BCUT2D eigenvalue weighted by Crippen LogP contribution is 2.32. The zero-order chi connectivity index (χ0) is 21.0. The van der Waals surface area contributed by atoms with E-state index in [1.807, 2.05) is 24.3 Å². The number of aromatic nitrogens is 4. The molecule has 4 heterocycles. The number of ether oxygens (including phenoxy) is 2. The zero-order valence-electron chi connectivity index (χ0n) is 16.6. The molecule has 1 aliphatic heterocycles. The molecule has 10 nitrogen and oxygen atoms in total. The summed E-state index contributed by atoms with van der Waals surface area (Å²) in [5, 5.41) is 18.9. The number of fused-ring (bicyclic) bond motifs is 2. The van der Waals surface area contributed by atoms with Gasteiger partial charge in [0.25, 0.3) is 0 Å². The molecule has 1 aromatic carbocycles. The van der Waals surface area contributed by atoms with Crippen molar-refractivity contribution in [1.82, 2.24) is 19.8 Å². The number of amides is 1. The van der Waals surface area contributed by atoms with Crippen LogP contribution < -0.4 is 20.1 Å². The van der Waals surface area contributed by atoms with Crippen molar-refractivity contribution in [3.63, 3.8) is 0 Å². The number of nitrogens with zero attached hydrogens (tertiary/aromatic N) is 4. The lowest BCUT2D eigenvalue weighted by Gasteiger charge is -2.19. The molecule has 0 fully saturated rings. The fourth-order valence-electron chi connectivity index (χ4n) is 3.24. The highest BCUT2D eigenvalue weighted by molar-refractivity contribution is 5.91. The zero-order valence-corrected chi connectivity index (χ0v) is 16.6. The number of nitrogens with one attached hydrogen (secondary N) is 2. The fourth-order valence-corrected chi connectivity index (χ4v) is 3.24. The van der Waals surface area contributed by atoms with Crippen LogP contribution >= 0.6 is 0 Å². The van der Waals surface area contributed by atoms with Crippen LogP contribution in [0.5, 0.6) is 11.5 Å². The number of carbonyl (C=O) groups excluding carboxylic acids is 1. The summed E-state index contributed by atoms with van der Waals surface area (Å²) in [6, 6.07) is 12.7. The van der Waals surface area contributed by atoms with Crippen molar-refractivity contribution in [2.24, 2.45) is 0 Å². The van der Waals surface area contributed by atoms with E-state index in [1.165, 1.54) is 0 Å². The van der Waals surface area contributed by atoms with Crippen molar-refractivity contribution in [1.29, 1.82) is 0 Å². The van der Waals surface area contributed by atoms with E-state index in [4.69, 9.17) is 13.9 Å². The lowest BCUT2D eigenvalue weighted by atomic mass is 10.2. The Morgan fingerprint density at radius 1 is 1.06 bits per heavy atom. The van der Waals surface area contributed by atoms with Crippen molar-refractivity contribution in [3.05, 3.63) is 60.3 Å². The topological polar surface area (TPSA) is 116 Å². The lowest BCUT2D eigenvalue weighted by molar-refractivity contribution is -0.116. The fraction of sp³-hybridized carbons (Fsp3) is 0.238. The molecule has 0 bridgehead atoms. The Labute approximate surface area is 177 Å². The maximum Gasteiger partial charge on any atom is 0.224 e. The molecule has 158 valence electrons. The summed E-state index contributed by atoms with van der Waals surface area (Å²) >= 11 is 0. The van der Waals surface area contributed by atoms with Crippen LogP contribution in [-0.4, -0.2) is 38.9 Å². The largest absolute Gasteiger partial charge is 0.486 e. The molecule has 2 N–H and O–H groups in total. The Bertz CT molecular complexity index is 1200. The van der Waals surface area contributed by atoms with Crippen molar-refractivity contribution in [2.75, 3.05) is 23.8 Å². The molecule has 4 aromatic rings. The number of rotatable bonds is 7. The molecule has 0 radical (unpaired) electrons. The molecule has 3 aromatic heterocycles. The van der Waals surface area contributed by atoms with Crippen LogP contribution in [0.4, 0.5) is 11.5 Å². The first-order valence-corrected chi connectivity index (χ1v) is 9.92. The SMILES string of the molecule is O=C(CCc1nnc2ccc(NCc3ccco3)nn12)Nc1ccc2c(c1)OCCO2. The molecule has 10 heteroatoms. The maximum absolute atomic E-state index is 12.4. The number of anilines is 2. The molecule has 5 rings (SSSR count). The smallest absolute Gasteiger partial charge is 0.224 e. The van der Waals surface area contributed by atoms with Gasteiger partial charge in [-0.15, -0.1) is 15.3 Å². The number of furan rings is 1. The number of benzene rings is 1. The second kappa shape index (κ2) is 8.34. The van der Waals surface area contributed by atoms with E-state index in [9.17, 15) is 4.79 Å². The summed E-state index contributed by atoms with van der Waals surface area (Å²) in [4.78, 5) is 12.4. The van der Waals surface area contributed by atoms with E-state index in [0.29, 0.717) is 60.7 Å². The Hall–Kier alpha value is -4.08. The summed E-state index contributed by atoms with van der Waals surface area (Å²) in [5.74, 6) is 3.25. The average Bonchev–Trinajstić information content (AvgIpc) is 3.46. The van der Waals surface area contributed by atoms with E-state index < -0.39 is 0 Å². The van der Waals surface area contributed by atoms with E-state index in [0.717, 1.165) is 5.76 Å². The monoisotopic (exact) mass is 420 g/mol. The third-order valence-corrected chi connectivity index (χ3v) is 4.75. The highest BCUT2D eigenvalue weighted by Gasteiger charge is 2.14. The standard InChI is InChI=1S/C21H20N6O4/c28-21(23-14-3-4-16-17(12-14)31-11-10-30-16)8-7-20-25-24-19-6-5-18(26-27(19)20)22-13-15-2-1-9-29-15/h1-6,9,12H,7-8,10-11,13H2,(H,22,26)(H,23,28). The quantitative estimate of drug-likeness (QED) is 0.469. The molecule has 31 heavy (non-hydrogen) atoms. The Morgan fingerprint density at radius 3 is 2.84 bits per heavy atom. The molecular weight excluding hydrogens is 400 g/mol. The molecule has 0 spiro atoms. The molecule has 0 saturated heterocycles. The van der Waals surface area contributed by atoms with Gasteiger partial charge in [-0.25, -0.2) is 0 Å². The average molecular weight is 420 g/mol. The molecule has 1 aliphatic rings. The summed E-state index contributed by atoms with van der Waals surface area (Å²) < 4.78 is 18.0. The maximum atomic E-state index is 12.4. The van der Waals surface area contributed by atoms with Gasteiger partial charge in [0.15, 0.2) is 23.0 Å². The van der Waals surface area contributed by atoms with Crippen LogP contribution in [0, 0.1) is 0 Å². The van der Waals surface area contributed by atoms with Gasteiger partial charge in [0.2, 0.25) is 5.91 Å². The van der Waals surface area contributed by atoms with E-state index >= 15 is 0 Å². The van der Waals surface area contributed by atoms with Gasteiger partial charge >= 0.3 is 0 Å². The number of hydrogen-bond acceptors (Lipinski definition) is 8. The van der Waals surface area contributed by atoms with Crippen LogP contribution in [-0.2, 0) is 17.8 Å². The highest BCUT2D eigenvalue weighted by atomic mass is 16.6. The number of carbonyl (C=O) groups is 1. The Kier molecular flexibility index (Phi) is 5.09. The second-order valence-corrected chi connectivity index (χ2v) is 6.94. The van der Waals surface area contributed by atoms with Gasteiger partial charge in [-0.3, -0.25) is 4.79 Å². The van der Waals surface area contributed by atoms with Gasteiger partial charge in [-0.05, 0) is 36.4 Å². The Balaban J connectivity index is 1.21. The lowest BCUT2D eigenvalue weighted by Crippen LogP contribution is -2.17. The van der Waals surface area contributed by atoms with Gasteiger partial charge in [0, 0.05) is 24.6 Å². The minimum absolute atomic E-state index is 0.138. The van der Waals surface area contributed by atoms with Gasteiger partial charge < -0.3 is 24.5 Å². The summed E-state index contributed by atoms with van der Waals surface area (Å²) in [6.07, 6.45) is 2.26. The summed E-state index contributed by atoms with van der Waals surface area (Å²) in [7, 11) is 0. The molecule has 0 atom stereocenters. The molecule has 0 aliphatic carbocycles. The van der Waals surface area contributed by atoms with Crippen molar-refractivity contribution in [2.45, 2.75) is 19.4 Å². The minimum Gasteiger partial charge on any atom is -0.486 e. The third-order valence-electron chi connectivity index (χ3n) is 4.75. The second-order valence-electron chi connectivity index (χ2n) is 6.94. The third kappa shape index (κ3) is 4.27. The minimum atomic E-state index is -0.138. The van der Waals surface area contributed by atoms with Crippen LogP contribution in [0.25, 0.3) is 5.65 Å². The van der Waals surface area contributed by atoms with Crippen molar-refractivity contribution >= 4 is 23.1 Å². The van der Waals surface area contributed by atoms with E-state index in [2.05, 4.69) is 25.9 Å². The predicted molar refractivity (Wildman–Crippen MR) is 111 cm³/mol. The molecule has 0 saturated carbocycles. The predicted octanol–water partition coefficient (Wildman–Crippen LogP) is 2.67. The van der Waals surface area contributed by atoms with Gasteiger partial charge in [0.05, 0.1) is 12.8 Å². The van der Waals surface area contributed by atoms with Crippen LogP contribution in [0.1, 0.15) is 18.0 Å². The van der Waals surface area contributed by atoms with Crippen molar-refractivity contribution in [3.8, 4) is 11.5 Å². The van der Waals surface area contributed by atoms with E-state index in [-0.39, 0.29) is 12.3 Å². The summed E-state index contributed by atoms with van der Waals surface area (Å²) in [6.45, 7) is 1.54. The first-order valence-electron chi connectivity index (χ1n) is 9.92. The molecule has 0 unspecified atom stereocenters. The van der Waals surface area contributed by atoms with Gasteiger partial charge in [-0.1, -0.05) is 0 Å². The first-order chi connectivity index (χ1) is 15.2. The number of hydrogen-bond donors (Lipinski definition) is 2. The summed E-state index contributed by atoms with van der Waals surface area (Å²) in [5.41, 5.74) is 1.27. The van der Waals surface area contributed by atoms with Gasteiger partial charge in [0.1, 0.15) is 24.8 Å². The van der Waals surface area contributed by atoms with Crippen LogP contribution in [0.15, 0.2) is 53.1 Å². The number of aryl methyl sites for hydroxylation is 1. The van der Waals surface area contributed by atoms with Gasteiger partial charge in [-0.2, -0.15) is 4.52 Å². The normalized spacial score (nSPS) is 12.6. The van der Waals surface area contributed by atoms with Crippen LogP contribution in [0.2, 0.25) is 0 Å². The van der Waals surface area contributed by atoms with Crippen molar-refractivity contribution < 1.29 is 18.7 Å². The molecular formula is C21H20N6O4. The first kappa shape index (κ1) is 18.9.